The number of fused-ring (bicyclic) bond motifs is 7. The molecular weight excluding hydrogens is 666 g/mol. The van der Waals surface area contributed by atoms with E-state index in [9.17, 15) is 24.3 Å². The van der Waals surface area contributed by atoms with Crippen molar-refractivity contribution in [2.24, 2.45) is 50.7 Å². The van der Waals surface area contributed by atoms with Gasteiger partial charge in [0.2, 0.25) is 0 Å². The highest BCUT2D eigenvalue weighted by Crippen LogP contribution is 2.76. The predicted molar refractivity (Wildman–Crippen MR) is 200 cm³/mol. The molecule has 1 saturated heterocycles. The topological polar surface area (TPSA) is 134 Å². The summed E-state index contributed by atoms with van der Waals surface area (Å²) in [4.78, 5) is 52.4. The van der Waals surface area contributed by atoms with E-state index in [0.29, 0.717) is 18.3 Å². The van der Waals surface area contributed by atoms with Crippen molar-refractivity contribution < 1.29 is 29.0 Å². The molecule has 0 bridgehead atoms. The number of rotatable bonds is 7. The summed E-state index contributed by atoms with van der Waals surface area (Å²) in [5.74, 6) is 0.00496. The minimum atomic E-state index is -1.16. The molecule has 0 aromatic heterocycles. The van der Waals surface area contributed by atoms with E-state index in [-0.39, 0.29) is 76.3 Å². The van der Waals surface area contributed by atoms with Gasteiger partial charge in [-0.2, -0.15) is 0 Å². The first kappa shape index (κ1) is 40.1. The number of halogens is 1. The summed E-state index contributed by atoms with van der Waals surface area (Å²) in [6, 6.07) is 0.0234. The highest BCUT2D eigenvalue weighted by atomic mass is 35.5. The van der Waals surface area contributed by atoms with Gasteiger partial charge < -0.3 is 25.8 Å². The van der Waals surface area contributed by atoms with Crippen molar-refractivity contribution in [1.82, 2.24) is 16.0 Å². The maximum absolute atomic E-state index is 13.9. The first-order chi connectivity index (χ1) is 23.2. The Labute approximate surface area is 312 Å². The highest BCUT2D eigenvalue weighted by Gasteiger charge is 2.70. The lowest BCUT2D eigenvalue weighted by Gasteiger charge is -2.72. The van der Waals surface area contributed by atoms with Crippen molar-refractivity contribution in [3.8, 4) is 0 Å². The second-order valence-corrected chi connectivity index (χ2v) is 19.6. The molecule has 51 heavy (non-hydrogen) atoms. The van der Waals surface area contributed by atoms with Crippen molar-refractivity contribution in [3.05, 3.63) is 11.1 Å². The summed E-state index contributed by atoms with van der Waals surface area (Å²) in [6.45, 7) is 21.4. The van der Waals surface area contributed by atoms with E-state index >= 15 is 0 Å². The van der Waals surface area contributed by atoms with Gasteiger partial charge in [0.1, 0.15) is 6.10 Å². The number of hydrogen-bond donors (Lipinski definition) is 4. The molecule has 0 aromatic rings. The van der Waals surface area contributed by atoms with Gasteiger partial charge in [-0.1, -0.05) is 48.5 Å². The molecule has 5 aliphatic carbocycles. The lowest BCUT2D eigenvalue weighted by atomic mass is 9.33. The summed E-state index contributed by atoms with van der Waals surface area (Å²) in [5, 5.41) is 19.7. The number of aliphatic carboxylic acids is 1. The van der Waals surface area contributed by atoms with E-state index in [4.69, 9.17) is 4.74 Å². The van der Waals surface area contributed by atoms with Gasteiger partial charge in [0.25, 0.3) is 0 Å². The molecule has 3 unspecified atom stereocenters. The Morgan fingerprint density at radius 3 is 2.20 bits per heavy atom. The predicted octanol–water partition coefficient (Wildman–Crippen LogP) is 7.61. The van der Waals surface area contributed by atoms with Gasteiger partial charge in [0.15, 0.2) is 5.78 Å². The van der Waals surface area contributed by atoms with Gasteiger partial charge in [-0.25, -0.2) is 4.79 Å². The van der Waals surface area contributed by atoms with Crippen molar-refractivity contribution in [1.29, 1.82) is 0 Å². The quantitative estimate of drug-likeness (QED) is 0.198. The Balaban J connectivity index is 0.00000504. The molecule has 0 radical (unpaired) electrons. The molecule has 2 amide bonds. The number of urea groups is 1. The second kappa shape index (κ2) is 13.6. The van der Waals surface area contributed by atoms with E-state index in [0.717, 1.165) is 82.9 Å². The van der Waals surface area contributed by atoms with Crippen molar-refractivity contribution >= 4 is 36.2 Å². The van der Waals surface area contributed by atoms with Crippen LogP contribution >= 0.6 is 12.4 Å². The van der Waals surface area contributed by atoms with E-state index in [1.807, 2.05) is 0 Å². The average molecular weight is 732 g/mol. The third-order valence-electron chi connectivity index (χ3n) is 15.8. The summed E-state index contributed by atoms with van der Waals surface area (Å²) in [5.41, 5.74) is 0.306. The first-order valence-corrected chi connectivity index (χ1v) is 19.7. The lowest BCUT2D eigenvalue weighted by Crippen LogP contribution is -2.67. The molecule has 288 valence electrons. The monoisotopic (exact) mass is 731 g/mol. The molecule has 6 aliphatic rings. The number of hydrogen-bond acceptors (Lipinski definition) is 6. The van der Waals surface area contributed by atoms with Crippen LogP contribution in [0.15, 0.2) is 11.1 Å². The Bertz CT molecular complexity index is 1450. The number of carboxylic acid groups (broad SMARTS) is 1. The fraction of sp³-hybridized carbons (Fsp3) is 0.854. The molecule has 10 heteroatoms. The van der Waals surface area contributed by atoms with Crippen LogP contribution in [0, 0.1) is 50.7 Å². The first-order valence-electron chi connectivity index (χ1n) is 19.7. The molecule has 5 fully saturated rings. The van der Waals surface area contributed by atoms with Gasteiger partial charge in [-0.05, 0) is 142 Å². The Kier molecular flexibility index (Phi) is 10.7. The fourth-order valence-corrected chi connectivity index (χ4v) is 13.0. The van der Waals surface area contributed by atoms with Crippen LogP contribution in [0.1, 0.15) is 139 Å². The molecule has 0 spiro atoms. The Morgan fingerprint density at radius 2 is 1.57 bits per heavy atom. The third-order valence-corrected chi connectivity index (χ3v) is 15.8. The number of ketones is 1. The number of Topliss-reactive ketones (excluding diaryl/α,β-unsaturated/α-hetero) is 1. The number of allylic oxidation sites excluding steroid dienone is 1. The van der Waals surface area contributed by atoms with Crippen molar-refractivity contribution in [2.45, 2.75) is 157 Å². The van der Waals surface area contributed by atoms with Crippen molar-refractivity contribution in [3.63, 3.8) is 0 Å². The lowest BCUT2D eigenvalue weighted by molar-refractivity contribution is -0.232. The number of piperidine rings is 1. The summed E-state index contributed by atoms with van der Waals surface area (Å²) in [6.07, 6.45) is 9.58. The largest absolute Gasteiger partial charge is 0.481 e. The summed E-state index contributed by atoms with van der Waals surface area (Å²) in [7, 11) is 0. The maximum Gasteiger partial charge on any atom is 0.315 e. The number of esters is 1. The van der Waals surface area contributed by atoms with Gasteiger partial charge >= 0.3 is 18.0 Å². The maximum atomic E-state index is 13.9. The van der Waals surface area contributed by atoms with E-state index in [1.165, 1.54) is 5.57 Å². The molecule has 0 aromatic carbocycles. The summed E-state index contributed by atoms with van der Waals surface area (Å²) >= 11 is 0. The molecule has 9 nitrogen and oxygen atoms in total. The molecule has 4 N–H and O–H groups in total. The van der Waals surface area contributed by atoms with Gasteiger partial charge in [-0.15, -0.1) is 12.4 Å². The minimum absolute atomic E-state index is 0. The van der Waals surface area contributed by atoms with Crippen LogP contribution < -0.4 is 16.0 Å². The normalized spacial score (nSPS) is 39.1. The van der Waals surface area contributed by atoms with Crippen LogP contribution in [-0.2, 0) is 19.1 Å². The number of nitrogens with one attached hydrogen (secondary N) is 3. The fourth-order valence-electron chi connectivity index (χ4n) is 13.0. The van der Waals surface area contributed by atoms with Gasteiger partial charge in [0, 0.05) is 17.9 Å². The second-order valence-electron chi connectivity index (χ2n) is 19.6. The zero-order chi connectivity index (χ0) is 36.7. The Hall–Kier alpha value is -2.13. The highest BCUT2D eigenvalue weighted by molar-refractivity contribution is 6.02. The van der Waals surface area contributed by atoms with Crippen LogP contribution in [0.3, 0.4) is 0 Å². The molecule has 4 saturated carbocycles. The van der Waals surface area contributed by atoms with E-state index < -0.39 is 22.9 Å². The molecule has 1 heterocycles. The van der Waals surface area contributed by atoms with Crippen LogP contribution in [0.25, 0.3) is 0 Å². The number of ether oxygens (including phenoxy) is 1. The van der Waals surface area contributed by atoms with E-state index in [1.54, 1.807) is 13.8 Å². The van der Waals surface area contributed by atoms with Gasteiger partial charge in [0.05, 0.1) is 17.4 Å². The SMILES string of the molecule is CC(C)C1=C2C3CCC4[C@@]5(C)CC[C@H](OC(=O)CC(C)(C)C(=O)O)C(C)(C)C5CC[C@@]4(C)[C@]3(C)CC[C@@]2(NC(=O)NC2CCNCC2)CC1=O.Cl. The van der Waals surface area contributed by atoms with Crippen LogP contribution in [0.2, 0.25) is 0 Å². The summed E-state index contributed by atoms with van der Waals surface area (Å²) < 4.78 is 6.15. The molecular formula is C41H66ClN3O6. The van der Waals surface area contributed by atoms with Crippen molar-refractivity contribution in [2.75, 3.05) is 13.1 Å². The van der Waals surface area contributed by atoms with Gasteiger partial charge in [-0.3, -0.25) is 14.4 Å². The standard InChI is InChI=1S/C41H65N3O6.ClH/c1-24(2)32-27(45)22-41(44-35(49)43-25-14-20-42-21-15-25)19-18-39(8)26(33(32)41)10-11-29-38(7)16-13-30(50-31(46)23-36(3,4)34(47)48)37(5,6)28(38)12-17-40(29,39)9;/h24-26,28-30,42H,10-23H2,1-9H3,(H,47,48)(H2,43,44,49);1H/t26?,28?,29?,30-,38-,39+,40+,41+;/m0./s1. The number of amides is 2. The zero-order valence-electron chi connectivity index (χ0n) is 32.8. The molecule has 6 rings (SSSR count). The number of carbonyl (C=O) groups excluding carboxylic acids is 3. The van der Waals surface area contributed by atoms with Crippen LogP contribution in [-0.4, -0.2) is 59.6 Å². The van der Waals surface area contributed by atoms with E-state index in [2.05, 4.69) is 64.4 Å². The smallest absolute Gasteiger partial charge is 0.315 e. The number of carbonyl (C=O) groups is 4. The Morgan fingerprint density at radius 1 is 0.902 bits per heavy atom. The zero-order valence-corrected chi connectivity index (χ0v) is 33.6. The minimum Gasteiger partial charge on any atom is -0.481 e. The average Bonchev–Trinajstić information content (AvgIpc) is 3.30. The molecule has 8 atom stereocenters. The third kappa shape index (κ3) is 6.36. The molecule has 1 aliphatic heterocycles. The van der Waals surface area contributed by atoms with Crippen LogP contribution in [0.5, 0.6) is 0 Å². The number of carboxylic acids is 1. The van der Waals surface area contributed by atoms with Crippen LogP contribution in [0.4, 0.5) is 4.79 Å².